The number of hydrogen-bond acceptors (Lipinski definition) is 0. The molecule has 0 radical (unpaired) electrons. The first kappa shape index (κ1) is 4.53. The lowest BCUT2D eigenvalue weighted by atomic mass is 10.4. The molecule has 0 aromatic carbocycles. The lowest BCUT2D eigenvalue weighted by Crippen LogP contribution is -1.80. The standard InChI is InChI=1S/C4H7ClSi/c5-6-3-1-2-4-6/h3H,1-2,4H2. The highest BCUT2D eigenvalue weighted by Gasteiger charge is 1.99. The smallest absolute Gasteiger partial charge is 0.120 e. The topological polar surface area (TPSA) is 0 Å². The summed E-state index contributed by atoms with van der Waals surface area (Å²) in [5.74, 6) is 0. The van der Waals surface area contributed by atoms with Gasteiger partial charge in [-0.3, -0.25) is 0 Å². The van der Waals surface area contributed by atoms with Crippen LogP contribution in [0.1, 0.15) is 12.8 Å². The van der Waals surface area contributed by atoms with Crippen LogP contribution in [0.2, 0.25) is 6.04 Å². The molecule has 0 saturated carbocycles. The third-order valence-electron chi connectivity index (χ3n) is 0.986. The van der Waals surface area contributed by atoms with E-state index in [0.29, 0.717) is 0 Å². The molecule has 0 aromatic rings. The van der Waals surface area contributed by atoms with Crippen LogP contribution in [0, 0.1) is 0 Å². The zero-order valence-electron chi connectivity index (χ0n) is 3.58. The molecule has 1 aliphatic rings. The van der Waals surface area contributed by atoms with Crippen molar-refractivity contribution in [3.8, 4) is 0 Å². The molecule has 1 rings (SSSR count). The average molecular weight is 119 g/mol. The van der Waals surface area contributed by atoms with Crippen molar-refractivity contribution in [2.75, 3.05) is 0 Å². The third kappa shape index (κ3) is 0.917. The summed E-state index contributed by atoms with van der Waals surface area (Å²) < 4.78 is 0. The zero-order valence-corrected chi connectivity index (χ0v) is 5.33. The molecule has 0 nitrogen and oxygen atoms in total. The average Bonchev–Trinajstić information content (AvgIpc) is 1.86. The quantitative estimate of drug-likeness (QED) is 0.333. The second-order valence-corrected chi connectivity index (χ2v) is 4.80. The molecular formula is C4H7ClSi. The van der Waals surface area contributed by atoms with Crippen LogP contribution in [0.5, 0.6) is 0 Å². The molecule has 0 bridgehead atoms. The minimum atomic E-state index is -0.410. The van der Waals surface area contributed by atoms with Gasteiger partial charge in [0.1, 0.15) is 7.72 Å². The van der Waals surface area contributed by atoms with E-state index in [1.807, 2.05) is 0 Å². The number of hydrogen-bond donors (Lipinski definition) is 0. The first-order chi connectivity index (χ1) is 2.89. The fourth-order valence-corrected chi connectivity index (χ4v) is 2.62. The van der Waals surface area contributed by atoms with Gasteiger partial charge in [-0.2, -0.15) is 0 Å². The second-order valence-electron chi connectivity index (χ2n) is 1.54. The molecule has 1 heterocycles. The van der Waals surface area contributed by atoms with Gasteiger partial charge >= 0.3 is 0 Å². The highest BCUT2D eigenvalue weighted by molar-refractivity contribution is 7.09. The van der Waals surface area contributed by atoms with E-state index < -0.39 is 7.72 Å². The van der Waals surface area contributed by atoms with Gasteiger partial charge in [-0.15, -0.1) is 11.1 Å². The van der Waals surface area contributed by atoms with Gasteiger partial charge in [-0.05, 0) is 18.9 Å². The molecule has 0 aromatic heterocycles. The van der Waals surface area contributed by atoms with Gasteiger partial charge in [0, 0.05) is 0 Å². The fourth-order valence-electron chi connectivity index (χ4n) is 0.632. The lowest BCUT2D eigenvalue weighted by Gasteiger charge is -1.74. The van der Waals surface area contributed by atoms with Crippen molar-refractivity contribution in [3.05, 3.63) is 0 Å². The molecule has 0 unspecified atom stereocenters. The summed E-state index contributed by atoms with van der Waals surface area (Å²) in [5.41, 5.74) is 2.27. The van der Waals surface area contributed by atoms with Gasteiger partial charge in [-0.1, -0.05) is 5.67 Å². The van der Waals surface area contributed by atoms with E-state index in [0.717, 1.165) is 0 Å². The van der Waals surface area contributed by atoms with Crippen LogP contribution < -0.4 is 0 Å². The van der Waals surface area contributed by atoms with Crippen LogP contribution in [-0.2, 0) is 0 Å². The Morgan fingerprint density at radius 1 is 1.67 bits per heavy atom. The summed E-state index contributed by atoms with van der Waals surface area (Å²) in [6.07, 6.45) is 2.62. The maximum absolute atomic E-state index is 5.76. The van der Waals surface area contributed by atoms with Crippen molar-refractivity contribution in [2.45, 2.75) is 18.9 Å². The van der Waals surface area contributed by atoms with E-state index in [1.165, 1.54) is 18.9 Å². The van der Waals surface area contributed by atoms with Crippen LogP contribution in [-0.4, -0.2) is 13.4 Å². The first-order valence-corrected chi connectivity index (χ1v) is 5.04. The Kier molecular flexibility index (Phi) is 1.43. The van der Waals surface area contributed by atoms with E-state index >= 15 is 0 Å². The Morgan fingerprint density at radius 2 is 2.50 bits per heavy atom. The predicted octanol–water partition coefficient (Wildman–Crippen LogP) is 1.39. The molecule has 0 fully saturated rings. The Labute approximate surface area is 44.1 Å². The van der Waals surface area contributed by atoms with Crippen molar-refractivity contribution in [3.63, 3.8) is 0 Å². The maximum Gasteiger partial charge on any atom is 0.120 e. The van der Waals surface area contributed by atoms with Crippen molar-refractivity contribution in [1.29, 1.82) is 0 Å². The summed E-state index contributed by atoms with van der Waals surface area (Å²) in [4.78, 5) is 0. The van der Waals surface area contributed by atoms with Crippen LogP contribution in [0.25, 0.3) is 0 Å². The largest absolute Gasteiger partial charge is 0.139 e. The Morgan fingerprint density at radius 3 is 2.67 bits per heavy atom. The molecule has 0 spiro atoms. The van der Waals surface area contributed by atoms with Gasteiger partial charge in [0.05, 0.1) is 0 Å². The van der Waals surface area contributed by atoms with Crippen LogP contribution in [0.4, 0.5) is 0 Å². The van der Waals surface area contributed by atoms with E-state index in [9.17, 15) is 0 Å². The Balaban J connectivity index is 2.45. The van der Waals surface area contributed by atoms with E-state index in [4.69, 9.17) is 11.1 Å². The van der Waals surface area contributed by atoms with E-state index in [-0.39, 0.29) is 0 Å². The predicted molar refractivity (Wildman–Crippen MR) is 31.7 cm³/mol. The van der Waals surface area contributed by atoms with Crippen molar-refractivity contribution in [2.24, 2.45) is 0 Å². The molecule has 1 aliphatic heterocycles. The monoisotopic (exact) mass is 118 g/mol. The van der Waals surface area contributed by atoms with Crippen molar-refractivity contribution < 1.29 is 0 Å². The molecule has 0 atom stereocenters. The summed E-state index contributed by atoms with van der Waals surface area (Å²) in [6.45, 7) is 0. The molecule has 34 valence electrons. The van der Waals surface area contributed by atoms with Crippen LogP contribution in [0.3, 0.4) is 0 Å². The molecule has 0 N–H and O–H groups in total. The Hall–Kier alpha value is 0.377. The highest BCUT2D eigenvalue weighted by Crippen LogP contribution is 2.04. The van der Waals surface area contributed by atoms with E-state index in [2.05, 4.69) is 5.67 Å². The number of rotatable bonds is 0. The lowest BCUT2D eigenvalue weighted by molar-refractivity contribution is 1.03. The van der Waals surface area contributed by atoms with Gasteiger partial charge < -0.3 is 0 Å². The highest BCUT2D eigenvalue weighted by atomic mass is 35.6. The minimum absolute atomic E-state index is 0.410. The van der Waals surface area contributed by atoms with Crippen LogP contribution >= 0.6 is 11.1 Å². The van der Waals surface area contributed by atoms with Crippen molar-refractivity contribution in [1.82, 2.24) is 0 Å². The minimum Gasteiger partial charge on any atom is -0.139 e. The molecule has 2 heteroatoms. The molecule has 0 aliphatic carbocycles. The first-order valence-electron chi connectivity index (χ1n) is 2.24. The van der Waals surface area contributed by atoms with Gasteiger partial charge in [0.2, 0.25) is 0 Å². The fraction of sp³-hybridized carbons (Fsp3) is 0.750. The summed E-state index contributed by atoms with van der Waals surface area (Å²) in [7, 11) is -0.410. The maximum atomic E-state index is 5.76. The molecule has 6 heavy (non-hydrogen) atoms. The molecular weight excluding hydrogens is 112 g/mol. The van der Waals surface area contributed by atoms with Gasteiger partial charge in [-0.25, -0.2) is 0 Å². The Bertz CT molecular complexity index is 77.6. The summed E-state index contributed by atoms with van der Waals surface area (Å²) in [6, 6.07) is 1.30. The zero-order chi connectivity index (χ0) is 4.41. The van der Waals surface area contributed by atoms with Crippen molar-refractivity contribution >= 4 is 24.5 Å². The molecule has 0 saturated heterocycles. The van der Waals surface area contributed by atoms with Gasteiger partial charge in [0.25, 0.3) is 0 Å². The van der Waals surface area contributed by atoms with Gasteiger partial charge in [0.15, 0.2) is 0 Å². The summed E-state index contributed by atoms with van der Waals surface area (Å²) >= 11 is 5.76. The number of halogens is 1. The third-order valence-corrected chi connectivity index (χ3v) is 3.58. The SMILES string of the molecule is Cl[Si]1=CCCC1. The second kappa shape index (κ2) is 1.89. The van der Waals surface area contributed by atoms with Crippen LogP contribution in [0.15, 0.2) is 0 Å². The summed E-state index contributed by atoms with van der Waals surface area (Å²) in [5, 5.41) is 0. The normalized spacial score (nSPS) is 21.2. The van der Waals surface area contributed by atoms with E-state index in [1.54, 1.807) is 0 Å². The molecule has 0 amide bonds.